The molecule has 1 nitrogen and oxygen atoms in total. The second kappa shape index (κ2) is 4.14. The highest BCUT2D eigenvalue weighted by Crippen LogP contribution is 2.32. The second-order valence-corrected chi connectivity index (χ2v) is 4.45. The molecular formula is C11H13BrO. The highest BCUT2D eigenvalue weighted by molar-refractivity contribution is 9.10. The van der Waals surface area contributed by atoms with E-state index in [1.165, 1.54) is 19.3 Å². The SMILES string of the molecule is Brc1cccc(OCCC2CC2)c1. The maximum Gasteiger partial charge on any atom is 0.120 e. The Hall–Kier alpha value is -0.500. The van der Waals surface area contributed by atoms with Crippen LogP contribution in [0.25, 0.3) is 0 Å². The Labute approximate surface area is 87.2 Å². The molecule has 0 aromatic heterocycles. The summed E-state index contributed by atoms with van der Waals surface area (Å²) in [5, 5.41) is 0. The van der Waals surface area contributed by atoms with Crippen LogP contribution in [0.2, 0.25) is 0 Å². The van der Waals surface area contributed by atoms with E-state index in [9.17, 15) is 0 Å². The van der Waals surface area contributed by atoms with Gasteiger partial charge in [-0.05, 0) is 30.5 Å². The van der Waals surface area contributed by atoms with E-state index in [-0.39, 0.29) is 0 Å². The summed E-state index contributed by atoms with van der Waals surface area (Å²) in [5.41, 5.74) is 0. The Bertz CT molecular complexity index is 281. The first-order chi connectivity index (χ1) is 6.34. The predicted octanol–water partition coefficient (Wildman–Crippen LogP) is 3.63. The zero-order valence-electron chi connectivity index (χ0n) is 7.50. The lowest BCUT2D eigenvalue weighted by Gasteiger charge is -2.05. The van der Waals surface area contributed by atoms with Crippen LogP contribution < -0.4 is 4.74 Å². The van der Waals surface area contributed by atoms with E-state index in [4.69, 9.17) is 4.74 Å². The minimum Gasteiger partial charge on any atom is -0.494 e. The van der Waals surface area contributed by atoms with Crippen LogP contribution in [0.5, 0.6) is 5.75 Å². The zero-order chi connectivity index (χ0) is 9.10. The molecule has 0 radical (unpaired) electrons. The van der Waals surface area contributed by atoms with Gasteiger partial charge in [0.2, 0.25) is 0 Å². The third-order valence-corrected chi connectivity index (χ3v) is 2.78. The smallest absolute Gasteiger partial charge is 0.120 e. The third kappa shape index (κ3) is 3.03. The highest BCUT2D eigenvalue weighted by Gasteiger charge is 2.20. The van der Waals surface area contributed by atoms with Gasteiger partial charge < -0.3 is 4.74 Å². The molecule has 1 aromatic rings. The van der Waals surface area contributed by atoms with Crippen LogP contribution in [0.1, 0.15) is 19.3 Å². The number of rotatable bonds is 4. The Balaban J connectivity index is 1.79. The van der Waals surface area contributed by atoms with E-state index in [2.05, 4.69) is 15.9 Å². The van der Waals surface area contributed by atoms with Gasteiger partial charge in [-0.15, -0.1) is 0 Å². The lowest BCUT2D eigenvalue weighted by Crippen LogP contribution is -1.97. The van der Waals surface area contributed by atoms with E-state index in [1.807, 2.05) is 24.3 Å². The number of benzene rings is 1. The maximum atomic E-state index is 5.61. The molecular weight excluding hydrogens is 228 g/mol. The van der Waals surface area contributed by atoms with Gasteiger partial charge in [-0.3, -0.25) is 0 Å². The normalized spacial score (nSPS) is 15.8. The van der Waals surface area contributed by atoms with Crippen LogP contribution in [-0.4, -0.2) is 6.61 Å². The fourth-order valence-corrected chi connectivity index (χ4v) is 1.68. The molecule has 0 unspecified atom stereocenters. The van der Waals surface area contributed by atoms with E-state index >= 15 is 0 Å². The Morgan fingerprint density at radius 3 is 2.92 bits per heavy atom. The summed E-state index contributed by atoms with van der Waals surface area (Å²) in [4.78, 5) is 0. The van der Waals surface area contributed by atoms with Crippen LogP contribution in [-0.2, 0) is 0 Å². The first-order valence-electron chi connectivity index (χ1n) is 4.73. The molecule has 1 aromatic carbocycles. The topological polar surface area (TPSA) is 9.23 Å². The molecule has 0 spiro atoms. The van der Waals surface area contributed by atoms with Gasteiger partial charge in [0.25, 0.3) is 0 Å². The predicted molar refractivity (Wildman–Crippen MR) is 57.0 cm³/mol. The van der Waals surface area contributed by atoms with Gasteiger partial charge in [0.05, 0.1) is 6.61 Å². The molecule has 1 aliphatic rings. The summed E-state index contributed by atoms with van der Waals surface area (Å²) in [7, 11) is 0. The molecule has 1 aliphatic carbocycles. The Morgan fingerprint density at radius 2 is 2.23 bits per heavy atom. The fraction of sp³-hybridized carbons (Fsp3) is 0.455. The van der Waals surface area contributed by atoms with Crippen LogP contribution in [0.15, 0.2) is 28.7 Å². The van der Waals surface area contributed by atoms with Gasteiger partial charge in [-0.2, -0.15) is 0 Å². The van der Waals surface area contributed by atoms with Gasteiger partial charge in [0, 0.05) is 4.47 Å². The minimum absolute atomic E-state index is 0.862. The molecule has 0 saturated heterocycles. The molecule has 1 saturated carbocycles. The first-order valence-corrected chi connectivity index (χ1v) is 5.52. The zero-order valence-corrected chi connectivity index (χ0v) is 9.09. The average molecular weight is 241 g/mol. The van der Waals surface area contributed by atoms with Crippen molar-refractivity contribution in [1.82, 2.24) is 0 Å². The second-order valence-electron chi connectivity index (χ2n) is 3.54. The van der Waals surface area contributed by atoms with Gasteiger partial charge in [0.15, 0.2) is 0 Å². The van der Waals surface area contributed by atoms with Crippen molar-refractivity contribution in [1.29, 1.82) is 0 Å². The van der Waals surface area contributed by atoms with Crippen molar-refractivity contribution in [3.05, 3.63) is 28.7 Å². The van der Waals surface area contributed by atoms with Gasteiger partial charge >= 0.3 is 0 Å². The molecule has 0 amide bonds. The first kappa shape index (κ1) is 9.07. The molecule has 2 rings (SSSR count). The van der Waals surface area contributed by atoms with Gasteiger partial charge in [-0.25, -0.2) is 0 Å². The number of hydrogen-bond acceptors (Lipinski definition) is 1. The summed E-state index contributed by atoms with van der Waals surface area (Å²) in [5.74, 6) is 1.92. The minimum atomic E-state index is 0.862. The number of halogens is 1. The quantitative estimate of drug-likeness (QED) is 0.782. The van der Waals surface area contributed by atoms with Crippen LogP contribution in [0, 0.1) is 5.92 Å². The van der Waals surface area contributed by atoms with Crippen molar-refractivity contribution in [3.8, 4) is 5.75 Å². The third-order valence-electron chi connectivity index (χ3n) is 2.29. The molecule has 0 atom stereocenters. The van der Waals surface area contributed by atoms with Crippen molar-refractivity contribution >= 4 is 15.9 Å². The van der Waals surface area contributed by atoms with E-state index < -0.39 is 0 Å². The summed E-state index contributed by atoms with van der Waals surface area (Å²) >= 11 is 3.42. The van der Waals surface area contributed by atoms with Gasteiger partial charge in [-0.1, -0.05) is 34.8 Å². The molecule has 1 fully saturated rings. The molecule has 0 bridgehead atoms. The Morgan fingerprint density at radius 1 is 1.38 bits per heavy atom. The highest BCUT2D eigenvalue weighted by atomic mass is 79.9. The molecule has 0 heterocycles. The van der Waals surface area contributed by atoms with Crippen molar-refractivity contribution in [2.45, 2.75) is 19.3 Å². The van der Waals surface area contributed by atoms with E-state index in [0.717, 1.165) is 22.7 Å². The lowest BCUT2D eigenvalue weighted by molar-refractivity contribution is 0.302. The molecule has 0 aliphatic heterocycles. The lowest BCUT2D eigenvalue weighted by atomic mass is 10.3. The van der Waals surface area contributed by atoms with E-state index in [1.54, 1.807) is 0 Å². The van der Waals surface area contributed by atoms with Crippen LogP contribution in [0.3, 0.4) is 0 Å². The largest absolute Gasteiger partial charge is 0.494 e. The molecule has 13 heavy (non-hydrogen) atoms. The molecule has 2 heteroatoms. The summed E-state index contributed by atoms with van der Waals surface area (Å²) < 4.78 is 6.69. The van der Waals surface area contributed by atoms with E-state index in [0.29, 0.717) is 0 Å². The van der Waals surface area contributed by atoms with Crippen LogP contribution >= 0.6 is 15.9 Å². The standard InChI is InChI=1S/C11H13BrO/c12-10-2-1-3-11(8-10)13-7-6-9-4-5-9/h1-3,8-9H,4-7H2. The summed E-state index contributed by atoms with van der Waals surface area (Å²) in [6, 6.07) is 8.01. The van der Waals surface area contributed by atoms with Crippen LogP contribution in [0.4, 0.5) is 0 Å². The number of ether oxygens (including phenoxy) is 1. The van der Waals surface area contributed by atoms with Crippen molar-refractivity contribution in [3.63, 3.8) is 0 Å². The summed E-state index contributed by atoms with van der Waals surface area (Å²) in [6.07, 6.45) is 4.02. The monoisotopic (exact) mass is 240 g/mol. The summed E-state index contributed by atoms with van der Waals surface area (Å²) in [6.45, 7) is 0.862. The molecule has 0 N–H and O–H groups in total. The van der Waals surface area contributed by atoms with Crippen molar-refractivity contribution in [2.75, 3.05) is 6.61 Å². The maximum absolute atomic E-state index is 5.61. The molecule has 70 valence electrons. The average Bonchev–Trinajstić information content (AvgIpc) is 2.88. The van der Waals surface area contributed by atoms with Crippen molar-refractivity contribution in [2.24, 2.45) is 5.92 Å². The van der Waals surface area contributed by atoms with Crippen molar-refractivity contribution < 1.29 is 4.74 Å². The fourth-order valence-electron chi connectivity index (χ4n) is 1.31. The van der Waals surface area contributed by atoms with Gasteiger partial charge in [0.1, 0.15) is 5.75 Å². The Kier molecular flexibility index (Phi) is 2.89. The number of hydrogen-bond donors (Lipinski definition) is 0.